The standard InChI is InChI=1S/C19H21FN2O4S2/c20-17-5-8-18(9-6-17)27(23,24)21-10-12-22(13-11-21)28(25,26)19-7-4-15-2-1-3-16(15)14-19/h4-9,14H,1-3,10-13H2. The third-order valence-corrected chi connectivity index (χ3v) is 9.16. The van der Waals surface area contributed by atoms with Crippen molar-refractivity contribution >= 4 is 20.0 Å². The van der Waals surface area contributed by atoms with E-state index in [2.05, 4.69) is 0 Å². The lowest BCUT2D eigenvalue weighted by atomic mass is 10.1. The van der Waals surface area contributed by atoms with E-state index in [4.69, 9.17) is 0 Å². The van der Waals surface area contributed by atoms with Crippen LogP contribution in [0.25, 0.3) is 0 Å². The number of piperazine rings is 1. The number of halogens is 1. The fraction of sp³-hybridized carbons (Fsp3) is 0.368. The van der Waals surface area contributed by atoms with Crippen LogP contribution in [-0.2, 0) is 32.9 Å². The first-order valence-electron chi connectivity index (χ1n) is 9.16. The lowest BCUT2D eigenvalue weighted by Crippen LogP contribution is -2.50. The molecule has 0 aromatic heterocycles. The van der Waals surface area contributed by atoms with Crippen molar-refractivity contribution in [2.75, 3.05) is 26.2 Å². The highest BCUT2D eigenvalue weighted by atomic mass is 32.2. The second kappa shape index (κ2) is 7.22. The molecule has 1 saturated heterocycles. The molecule has 0 amide bonds. The third kappa shape index (κ3) is 3.47. The van der Waals surface area contributed by atoms with Crippen LogP contribution in [0.2, 0.25) is 0 Å². The Balaban J connectivity index is 1.50. The zero-order chi connectivity index (χ0) is 19.9. The average Bonchev–Trinajstić information content (AvgIpc) is 3.16. The van der Waals surface area contributed by atoms with Crippen LogP contribution in [0.4, 0.5) is 4.39 Å². The number of fused-ring (bicyclic) bond motifs is 1. The van der Waals surface area contributed by atoms with Crippen molar-refractivity contribution in [3.05, 3.63) is 59.4 Å². The van der Waals surface area contributed by atoms with Gasteiger partial charge in [0.05, 0.1) is 9.79 Å². The van der Waals surface area contributed by atoms with Crippen LogP contribution >= 0.6 is 0 Å². The van der Waals surface area contributed by atoms with Crippen molar-refractivity contribution in [3.8, 4) is 0 Å². The first kappa shape index (κ1) is 19.5. The Bertz CT molecular complexity index is 1090. The summed E-state index contributed by atoms with van der Waals surface area (Å²) < 4.78 is 67.0. The van der Waals surface area contributed by atoms with Gasteiger partial charge in [-0.15, -0.1) is 0 Å². The molecule has 1 aliphatic heterocycles. The summed E-state index contributed by atoms with van der Waals surface area (Å²) >= 11 is 0. The normalized spacial score (nSPS) is 18.9. The molecule has 2 aromatic rings. The van der Waals surface area contributed by atoms with Crippen LogP contribution in [0, 0.1) is 5.82 Å². The summed E-state index contributed by atoms with van der Waals surface area (Å²) in [6.45, 7) is 0.285. The van der Waals surface area contributed by atoms with Crippen molar-refractivity contribution in [3.63, 3.8) is 0 Å². The zero-order valence-electron chi connectivity index (χ0n) is 15.2. The van der Waals surface area contributed by atoms with E-state index < -0.39 is 25.9 Å². The molecule has 2 aromatic carbocycles. The number of hydrogen-bond acceptors (Lipinski definition) is 4. The smallest absolute Gasteiger partial charge is 0.207 e. The average molecular weight is 425 g/mol. The van der Waals surface area contributed by atoms with Gasteiger partial charge in [0.15, 0.2) is 0 Å². The largest absolute Gasteiger partial charge is 0.243 e. The van der Waals surface area contributed by atoms with Gasteiger partial charge in [-0.05, 0) is 66.8 Å². The summed E-state index contributed by atoms with van der Waals surface area (Å²) in [5.74, 6) is -0.510. The van der Waals surface area contributed by atoms with Crippen molar-refractivity contribution in [2.45, 2.75) is 29.1 Å². The van der Waals surface area contributed by atoms with Crippen LogP contribution in [0.5, 0.6) is 0 Å². The van der Waals surface area contributed by atoms with Gasteiger partial charge < -0.3 is 0 Å². The second-order valence-electron chi connectivity index (χ2n) is 7.05. The molecule has 150 valence electrons. The van der Waals surface area contributed by atoms with Gasteiger partial charge in [-0.1, -0.05) is 6.07 Å². The molecule has 0 spiro atoms. The third-order valence-electron chi connectivity index (χ3n) is 5.36. The number of rotatable bonds is 4. The predicted octanol–water partition coefficient (Wildman–Crippen LogP) is 2.01. The minimum absolute atomic E-state index is 0.00355. The zero-order valence-corrected chi connectivity index (χ0v) is 16.8. The Morgan fingerprint density at radius 3 is 1.79 bits per heavy atom. The van der Waals surface area contributed by atoms with Gasteiger partial charge >= 0.3 is 0 Å². The van der Waals surface area contributed by atoms with Crippen LogP contribution in [0.15, 0.2) is 52.3 Å². The summed E-state index contributed by atoms with van der Waals surface area (Å²) in [6.07, 6.45) is 2.91. The molecule has 1 aliphatic carbocycles. The minimum Gasteiger partial charge on any atom is -0.207 e. The maximum absolute atomic E-state index is 13.1. The van der Waals surface area contributed by atoms with Crippen molar-refractivity contribution < 1.29 is 21.2 Å². The summed E-state index contributed by atoms with van der Waals surface area (Å²) in [6, 6.07) is 9.91. The Morgan fingerprint density at radius 1 is 0.679 bits per heavy atom. The fourth-order valence-corrected chi connectivity index (χ4v) is 6.66. The number of nitrogens with zero attached hydrogens (tertiary/aromatic N) is 2. The minimum atomic E-state index is -3.78. The maximum atomic E-state index is 13.1. The molecule has 1 fully saturated rings. The molecule has 0 atom stereocenters. The van der Waals surface area contributed by atoms with Crippen molar-refractivity contribution in [1.29, 1.82) is 0 Å². The van der Waals surface area contributed by atoms with E-state index in [0.717, 1.165) is 37.0 Å². The molecule has 9 heteroatoms. The quantitative estimate of drug-likeness (QED) is 0.753. The topological polar surface area (TPSA) is 74.8 Å². The number of sulfonamides is 2. The molecular weight excluding hydrogens is 403 g/mol. The monoisotopic (exact) mass is 424 g/mol. The number of benzene rings is 2. The Kier molecular flexibility index (Phi) is 5.03. The van der Waals surface area contributed by atoms with E-state index in [1.54, 1.807) is 12.1 Å². The first-order chi connectivity index (χ1) is 13.3. The Morgan fingerprint density at radius 2 is 1.18 bits per heavy atom. The number of hydrogen-bond donors (Lipinski definition) is 0. The summed E-state index contributed by atoms with van der Waals surface area (Å²) in [7, 11) is -7.44. The summed E-state index contributed by atoms with van der Waals surface area (Å²) in [5, 5.41) is 0. The molecule has 4 rings (SSSR count). The van der Waals surface area contributed by atoms with Gasteiger partial charge in [0.25, 0.3) is 0 Å². The van der Waals surface area contributed by atoms with E-state index >= 15 is 0 Å². The highest BCUT2D eigenvalue weighted by Gasteiger charge is 2.34. The molecule has 0 bridgehead atoms. The summed E-state index contributed by atoms with van der Waals surface area (Å²) in [5.41, 5.74) is 2.28. The highest BCUT2D eigenvalue weighted by molar-refractivity contribution is 7.89. The van der Waals surface area contributed by atoms with Gasteiger partial charge in [0.1, 0.15) is 5.82 Å². The summed E-state index contributed by atoms with van der Waals surface area (Å²) in [4.78, 5) is 0.270. The maximum Gasteiger partial charge on any atom is 0.243 e. The van der Waals surface area contributed by atoms with E-state index in [1.807, 2.05) is 6.07 Å². The lowest BCUT2D eigenvalue weighted by Gasteiger charge is -2.33. The van der Waals surface area contributed by atoms with Crippen molar-refractivity contribution in [2.24, 2.45) is 0 Å². The van der Waals surface area contributed by atoms with Crippen LogP contribution < -0.4 is 0 Å². The molecule has 28 heavy (non-hydrogen) atoms. The molecule has 0 unspecified atom stereocenters. The van der Waals surface area contributed by atoms with Gasteiger partial charge in [-0.25, -0.2) is 21.2 Å². The molecule has 6 nitrogen and oxygen atoms in total. The van der Waals surface area contributed by atoms with Crippen LogP contribution in [0.1, 0.15) is 17.5 Å². The van der Waals surface area contributed by atoms with E-state index in [-0.39, 0.29) is 36.0 Å². The van der Waals surface area contributed by atoms with Gasteiger partial charge in [0.2, 0.25) is 20.0 Å². The fourth-order valence-electron chi connectivity index (χ4n) is 3.76. The van der Waals surface area contributed by atoms with Crippen LogP contribution in [-0.4, -0.2) is 51.6 Å². The van der Waals surface area contributed by atoms with E-state index in [0.29, 0.717) is 0 Å². The molecule has 2 aliphatic rings. The number of aryl methyl sites for hydroxylation is 2. The Hall–Kier alpha value is -1.81. The highest BCUT2D eigenvalue weighted by Crippen LogP contribution is 2.27. The first-order valence-corrected chi connectivity index (χ1v) is 12.0. The molecule has 0 saturated carbocycles. The SMILES string of the molecule is O=S(=O)(c1ccc(F)cc1)N1CCN(S(=O)(=O)c2ccc3c(c2)CCC3)CC1. The molecule has 0 radical (unpaired) electrons. The Labute approximate surface area is 164 Å². The molecule has 1 heterocycles. The van der Waals surface area contributed by atoms with Gasteiger partial charge in [-0.2, -0.15) is 8.61 Å². The molecule has 0 N–H and O–H groups in total. The lowest BCUT2D eigenvalue weighted by molar-refractivity contribution is 0.273. The second-order valence-corrected chi connectivity index (χ2v) is 10.9. The van der Waals surface area contributed by atoms with Crippen LogP contribution in [0.3, 0.4) is 0 Å². The van der Waals surface area contributed by atoms with Crippen molar-refractivity contribution in [1.82, 2.24) is 8.61 Å². The van der Waals surface area contributed by atoms with Gasteiger partial charge in [-0.3, -0.25) is 0 Å². The van der Waals surface area contributed by atoms with E-state index in [1.165, 1.54) is 26.3 Å². The molecular formula is C19H21FN2O4S2. The van der Waals surface area contributed by atoms with Gasteiger partial charge in [0, 0.05) is 26.2 Å². The van der Waals surface area contributed by atoms with E-state index in [9.17, 15) is 21.2 Å². The predicted molar refractivity (Wildman–Crippen MR) is 102 cm³/mol.